The SMILES string of the molecule is CC(=O)NC1=C(c2cc(=O)n(CC(=N)OC(C)(C)C)c(C)n2)CCC(Cl)=C1. The molecule has 8 heteroatoms. The van der Waals surface area contributed by atoms with Gasteiger partial charge in [0, 0.05) is 29.3 Å². The van der Waals surface area contributed by atoms with E-state index in [1.165, 1.54) is 17.6 Å². The summed E-state index contributed by atoms with van der Waals surface area (Å²) >= 11 is 6.10. The molecular weight excluding hydrogens is 368 g/mol. The standard InChI is InChI=1S/C19H25ClN4O3/c1-11-22-16(14-7-6-13(20)8-15(14)23-12(2)25)9-18(26)24(11)10-17(21)27-19(3,4)5/h8-9,21H,6-7,10H2,1-5H3,(H,23,25). The number of ether oxygens (including phenoxy) is 1. The van der Waals surface area contributed by atoms with Crippen LogP contribution in [0.1, 0.15) is 52.1 Å². The molecule has 146 valence electrons. The van der Waals surface area contributed by atoms with Crippen LogP contribution in [0.25, 0.3) is 5.57 Å². The molecule has 2 rings (SSSR count). The molecule has 0 saturated heterocycles. The Morgan fingerprint density at radius 2 is 2.07 bits per heavy atom. The first-order valence-electron chi connectivity index (χ1n) is 8.68. The number of rotatable bonds is 4. The highest BCUT2D eigenvalue weighted by atomic mass is 35.5. The Labute approximate surface area is 163 Å². The van der Waals surface area contributed by atoms with E-state index in [9.17, 15) is 9.59 Å². The zero-order chi connectivity index (χ0) is 20.4. The summed E-state index contributed by atoms with van der Waals surface area (Å²) in [5.74, 6) is 0.242. The van der Waals surface area contributed by atoms with Crippen LogP contribution < -0.4 is 10.9 Å². The number of aryl methyl sites for hydroxylation is 1. The number of allylic oxidation sites excluding steroid dienone is 3. The lowest BCUT2D eigenvalue weighted by Crippen LogP contribution is -2.32. The fraction of sp³-hybridized carbons (Fsp3) is 0.474. The lowest BCUT2D eigenvalue weighted by atomic mass is 9.98. The summed E-state index contributed by atoms with van der Waals surface area (Å²) in [4.78, 5) is 28.6. The Morgan fingerprint density at radius 1 is 1.41 bits per heavy atom. The van der Waals surface area contributed by atoms with Crippen molar-refractivity contribution in [3.05, 3.63) is 44.7 Å². The van der Waals surface area contributed by atoms with Gasteiger partial charge in [0.25, 0.3) is 5.56 Å². The van der Waals surface area contributed by atoms with E-state index in [-0.39, 0.29) is 23.9 Å². The van der Waals surface area contributed by atoms with E-state index in [0.717, 1.165) is 5.57 Å². The molecule has 0 bridgehead atoms. The largest absolute Gasteiger partial charge is 0.474 e. The zero-order valence-electron chi connectivity index (χ0n) is 16.3. The minimum Gasteiger partial charge on any atom is -0.474 e. The maximum atomic E-state index is 12.6. The summed E-state index contributed by atoms with van der Waals surface area (Å²) in [6.07, 6.45) is 2.88. The number of halogens is 1. The molecule has 0 fully saturated rings. The highest BCUT2D eigenvalue weighted by Crippen LogP contribution is 2.30. The molecule has 27 heavy (non-hydrogen) atoms. The van der Waals surface area contributed by atoms with E-state index >= 15 is 0 Å². The highest BCUT2D eigenvalue weighted by molar-refractivity contribution is 6.30. The van der Waals surface area contributed by atoms with Crippen molar-refractivity contribution in [1.29, 1.82) is 5.41 Å². The molecule has 1 heterocycles. The summed E-state index contributed by atoms with van der Waals surface area (Å²) in [5, 5.41) is 11.4. The summed E-state index contributed by atoms with van der Waals surface area (Å²) in [5.41, 5.74) is 1.04. The van der Waals surface area contributed by atoms with Crippen LogP contribution in [0.2, 0.25) is 0 Å². The summed E-state index contributed by atoms with van der Waals surface area (Å²) in [7, 11) is 0. The van der Waals surface area contributed by atoms with Gasteiger partial charge in [0.1, 0.15) is 18.0 Å². The van der Waals surface area contributed by atoms with Crippen molar-refractivity contribution in [2.45, 2.75) is 59.6 Å². The number of amides is 1. The molecule has 1 aromatic rings. The van der Waals surface area contributed by atoms with Crippen LogP contribution in [0.15, 0.2) is 27.7 Å². The molecule has 1 amide bonds. The molecule has 2 N–H and O–H groups in total. The molecule has 0 radical (unpaired) electrons. The van der Waals surface area contributed by atoms with Crippen LogP contribution in [0.3, 0.4) is 0 Å². The van der Waals surface area contributed by atoms with Crippen molar-refractivity contribution in [3.8, 4) is 0 Å². The Bertz CT molecular complexity index is 891. The van der Waals surface area contributed by atoms with E-state index < -0.39 is 5.60 Å². The third kappa shape index (κ3) is 5.79. The van der Waals surface area contributed by atoms with Gasteiger partial charge in [0.2, 0.25) is 11.8 Å². The molecule has 7 nitrogen and oxygen atoms in total. The molecule has 1 aromatic heterocycles. The van der Waals surface area contributed by atoms with Crippen molar-refractivity contribution in [2.24, 2.45) is 0 Å². The first-order chi connectivity index (χ1) is 12.5. The van der Waals surface area contributed by atoms with Gasteiger partial charge in [0.15, 0.2) is 0 Å². The van der Waals surface area contributed by atoms with Crippen LogP contribution in [-0.4, -0.2) is 27.0 Å². The van der Waals surface area contributed by atoms with Gasteiger partial charge in [-0.1, -0.05) is 11.6 Å². The molecule has 0 aliphatic heterocycles. The topological polar surface area (TPSA) is 97.1 Å². The van der Waals surface area contributed by atoms with E-state index in [0.29, 0.717) is 35.1 Å². The van der Waals surface area contributed by atoms with Crippen molar-refractivity contribution in [2.75, 3.05) is 0 Å². The van der Waals surface area contributed by atoms with Crippen molar-refractivity contribution in [1.82, 2.24) is 14.9 Å². The third-order valence-electron chi connectivity index (χ3n) is 3.79. The highest BCUT2D eigenvalue weighted by Gasteiger charge is 2.19. The summed E-state index contributed by atoms with van der Waals surface area (Å²) < 4.78 is 6.88. The quantitative estimate of drug-likeness (QED) is 0.607. The fourth-order valence-corrected chi connectivity index (χ4v) is 2.98. The maximum absolute atomic E-state index is 12.6. The van der Waals surface area contributed by atoms with E-state index in [4.69, 9.17) is 21.7 Å². The van der Waals surface area contributed by atoms with Gasteiger partial charge in [-0.2, -0.15) is 0 Å². The predicted octanol–water partition coefficient (Wildman–Crippen LogP) is 3.11. The molecule has 0 aromatic carbocycles. The zero-order valence-corrected chi connectivity index (χ0v) is 17.0. The Balaban J connectivity index is 2.39. The van der Waals surface area contributed by atoms with Crippen LogP contribution in [0.5, 0.6) is 0 Å². The number of carbonyl (C=O) groups excluding carboxylic acids is 1. The second kappa shape index (κ2) is 8.08. The summed E-state index contributed by atoms with van der Waals surface area (Å²) in [6.45, 7) is 8.67. The third-order valence-corrected chi connectivity index (χ3v) is 4.09. The lowest BCUT2D eigenvalue weighted by molar-refractivity contribution is -0.118. The summed E-state index contributed by atoms with van der Waals surface area (Å²) in [6, 6.07) is 1.42. The fourth-order valence-electron chi connectivity index (χ4n) is 2.78. The van der Waals surface area contributed by atoms with Crippen molar-refractivity contribution >= 4 is 29.0 Å². The van der Waals surface area contributed by atoms with Gasteiger partial charge in [-0.15, -0.1) is 0 Å². The lowest BCUT2D eigenvalue weighted by Gasteiger charge is -2.22. The van der Waals surface area contributed by atoms with Gasteiger partial charge >= 0.3 is 0 Å². The Hall–Kier alpha value is -2.41. The number of hydrogen-bond donors (Lipinski definition) is 2. The Morgan fingerprint density at radius 3 is 2.63 bits per heavy atom. The van der Waals surface area contributed by atoms with Gasteiger partial charge < -0.3 is 10.1 Å². The second-order valence-corrected chi connectivity index (χ2v) is 7.90. The van der Waals surface area contributed by atoms with Gasteiger partial charge in [-0.3, -0.25) is 19.6 Å². The first kappa shape index (κ1) is 20.9. The van der Waals surface area contributed by atoms with Gasteiger partial charge in [-0.05, 0) is 46.6 Å². The minimum atomic E-state index is -0.506. The van der Waals surface area contributed by atoms with Crippen LogP contribution in [-0.2, 0) is 16.1 Å². The van der Waals surface area contributed by atoms with Crippen molar-refractivity contribution < 1.29 is 9.53 Å². The normalized spacial score (nSPS) is 14.7. The number of hydrogen-bond acceptors (Lipinski definition) is 5. The number of nitrogens with zero attached hydrogens (tertiary/aromatic N) is 2. The molecule has 1 aliphatic rings. The Kier molecular flexibility index (Phi) is 6.26. The monoisotopic (exact) mass is 392 g/mol. The van der Waals surface area contributed by atoms with Gasteiger partial charge in [-0.25, -0.2) is 4.98 Å². The molecule has 0 unspecified atom stereocenters. The second-order valence-electron chi connectivity index (χ2n) is 7.42. The maximum Gasteiger partial charge on any atom is 0.254 e. The number of aromatic nitrogens is 2. The first-order valence-corrected chi connectivity index (χ1v) is 9.06. The molecule has 0 saturated carbocycles. The molecule has 0 spiro atoms. The van der Waals surface area contributed by atoms with E-state index in [2.05, 4.69) is 10.3 Å². The van der Waals surface area contributed by atoms with E-state index in [1.807, 2.05) is 20.8 Å². The predicted molar refractivity (Wildman–Crippen MR) is 106 cm³/mol. The average molecular weight is 393 g/mol. The van der Waals surface area contributed by atoms with Crippen molar-refractivity contribution in [3.63, 3.8) is 0 Å². The van der Waals surface area contributed by atoms with E-state index in [1.54, 1.807) is 13.0 Å². The number of carbonyl (C=O) groups is 1. The minimum absolute atomic E-state index is 0.00668. The molecule has 0 atom stereocenters. The average Bonchev–Trinajstić information content (AvgIpc) is 2.48. The number of nitrogens with one attached hydrogen (secondary N) is 2. The van der Waals surface area contributed by atoms with Gasteiger partial charge in [0.05, 0.1) is 5.69 Å². The van der Waals surface area contributed by atoms with Crippen LogP contribution in [0, 0.1) is 12.3 Å². The smallest absolute Gasteiger partial charge is 0.254 e. The molecular formula is C19H25ClN4O3. The van der Waals surface area contributed by atoms with Crippen LogP contribution in [0.4, 0.5) is 0 Å². The molecule has 1 aliphatic carbocycles. The van der Waals surface area contributed by atoms with Crippen LogP contribution >= 0.6 is 11.6 Å².